The van der Waals surface area contributed by atoms with Crippen LogP contribution in [0.5, 0.6) is 0 Å². The first-order chi connectivity index (χ1) is 38.7. The van der Waals surface area contributed by atoms with Crippen molar-refractivity contribution in [3.05, 3.63) is 29.5 Å². The molecule has 3 unspecified atom stereocenters. The Hall–Kier alpha value is -3.26. The van der Waals surface area contributed by atoms with Gasteiger partial charge in [-0.3, -0.25) is 28.8 Å². The van der Waals surface area contributed by atoms with Gasteiger partial charge in [-0.15, -0.1) is 0 Å². The summed E-state index contributed by atoms with van der Waals surface area (Å²) in [5, 5.41) is 0. The van der Waals surface area contributed by atoms with E-state index in [-0.39, 0.29) is 111 Å². The molecule has 4 rings (SSSR count). The molecule has 0 spiro atoms. The molecule has 2 aliphatic carbocycles. The number of esters is 4. The minimum Gasteiger partial charge on any atom is -0.870 e. The first-order valence-electron chi connectivity index (χ1n) is 29.1. The van der Waals surface area contributed by atoms with Gasteiger partial charge in [-0.25, -0.2) is 0 Å². The maximum atomic E-state index is 14.3. The molecule has 0 aromatic rings. The van der Waals surface area contributed by atoms with Crippen molar-refractivity contribution in [2.45, 2.75) is 243 Å². The van der Waals surface area contributed by atoms with Crippen molar-refractivity contribution in [2.75, 3.05) is 47.4 Å². The van der Waals surface area contributed by atoms with Gasteiger partial charge >= 0.3 is 54.6 Å². The summed E-state index contributed by atoms with van der Waals surface area (Å²) in [4.78, 5) is 95.2. The van der Waals surface area contributed by atoms with E-state index in [9.17, 15) is 51.1 Å². The molecule has 1 N–H and O–H groups in total. The van der Waals surface area contributed by atoms with Gasteiger partial charge in [0.25, 0.3) is 0 Å². The van der Waals surface area contributed by atoms with Gasteiger partial charge in [0.1, 0.15) is 18.5 Å². The number of methoxy groups -OCH3 is 2. The molecule has 0 aromatic heterocycles. The molecule has 0 radical (unpaired) electrons. The molecule has 4 aliphatic rings. The van der Waals surface area contributed by atoms with Crippen LogP contribution in [0.4, 0.5) is 17.6 Å². The number of ketones is 2. The van der Waals surface area contributed by atoms with Crippen LogP contribution in [0.15, 0.2) is 12.2 Å². The number of Topliss-reactive ketones (excluding diaryl/α,β-unsaturated/α-hetero) is 1. The number of hydrogen-bond acceptors (Lipinski definition) is 19. The summed E-state index contributed by atoms with van der Waals surface area (Å²) in [6.07, 6.45) is 18.1. The summed E-state index contributed by atoms with van der Waals surface area (Å²) in [6, 6.07) is 0. The quantitative estimate of drug-likeness (QED) is 0.00668. The molecule has 2 saturated carbocycles. The van der Waals surface area contributed by atoms with Crippen molar-refractivity contribution in [3.8, 4) is 0 Å². The second-order valence-electron chi connectivity index (χ2n) is 21.1. The standard InChI is InChI=1S/C28H44F2O7.C21H34O7.C9H17F2O2P.CH3.Li.O2.H2O/c1-4-5-17-28(29,30)25(32)16-15-22-21(12-8-6-7-9-13-26(33)34-3)23(36-20(2)31)19-24(22)37-27-14-10-11-18-35-27;1-15(23)27-18-13-19(28-21-11-7-8-12-26-21)17(14-22)16(18)9-5-3-4-6-10-20(24)25-2;1-4-5-6-9(10,11)8(12)7-14(3)13-2;;;1-2;/h15-16,21-24,27H,4-14,17-19H2,1-3H3;14,16-19,21H,3-13H2,1-2H3;4-7H2,1-3H3;1H3;;;1H2/q;;;-1;+1;;/p-1/b16-15+;;;;;;/t21-,22-,23+,24-,27?;16-,17-,18+,19-,21?;;;;;/m11...../s1. The maximum absolute atomic E-state index is 14.3. The molecular formula is C59H99F4LiO19P-. The Bertz CT molecular complexity index is 1840. The normalized spacial score (nSPS) is 24.0. The van der Waals surface area contributed by atoms with Crippen molar-refractivity contribution in [1.82, 2.24) is 0 Å². The van der Waals surface area contributed by atoms with Gasteiger partial charge in [-0.05, 0) is 89.8 Å². The Balaban J connectivity index is -0.00000123. The topological polar surface area (TPSA) is 267 Å². The summed E-state index contributed by atoms with van der Waals surface area (Å²) in [5.41, 5.74) is 0. The number of hydrogen-bond donors (Lipinski definition) is 0. The van der Waals surface area contributed by atoms with E-state index < -0.39 is 62.4 Å². The van der Waals surface area contributed by atoms with Gasteiger partial charge in [0.2, 0.25) is 11.6 Å². The SMILES string of the molecule is CCCCC(F)(F)C(=O)/C=C/[C@@H]1[C@@H](CCCCCCC(=O)OC)[C@@H](OC(C)=O)C[C@H]1OC1CCCCO1.CCCCC(F)(F)C(=O)CP(C)OC.COC(=O)CCCCCC[C@@H]1[C@@H](C=O)[C@H](OC2CCCCO2)C[C@@H]1OC(C)=O.O=O.[CH3-].[Li+].[OH-]. The van der Waals surface area contributed by atoms with Gasteiger partial charge < -0.3 is 60.1 Å². The average molecular weight is 1230 g/mol. The third kappa shape index (κ3) is 34.3. The Morgan fingerprint density at radius 2 is 1.02 bits per heavy atom. The van der Waals surface area contributed by atoms with Crippen molar-refractivity contribution < 1.29 is 118 Å². The van der Waals surface area contributed by atoms with E-state index in [1.165, 1.54) is 35.2 Å². The summed E-state index contributed by atoms with van der Waals surface area (Å²) >= 11 is 0. The van der Waals surface area contributed by atoms with Crippen LogP contribution in [0.2, 0.25) is 0 Å². The van der Waals surface area contributed by atoms with Gasteiger partial charge in [0, 0.05) is 114 Å². The Labute approximate surface area is 509 Å². The van der Waals surface area contributed by atoms with Crippen LogP contribution in [0.1, 0.15) is 195 Å². The average Bonchev–Trinajstić information content (AvgIpc) is 3.93. The summed E-state index contributed by atoms with van der Waals surface area (Å²) in [6.45, 7) is 9.34. The molecular weight excluding hydrogens is 1130 g/mol. The van der Waals surface area contributed by atoms with Crippen LogP contribution in [0, 0.1) is 41.0 Å². The van der Waals surface area contributed by atoms with Crippen LogP contribution in [0.3, 0.4) is 0 Å². The summed E-state index contributed by atoms with van der Waals surface area (Å²) < 4.78 is 104. The van der Waals surface area contributed by atoms with Crippen molar-refractivity contribution in [1.29, 1.82) is 0 Å². The predicted octanol–water partition coefficient (Wildman–Crippen LogP) is 9.51. The molecule has 11 atom stereocenters. The number of rotatable bonds is 34. The Morgan fingerprint density at radius 3 is 1.40 bits per heavy atom. The Kier molecular flexibility index (Phi) is 49.3. The minimum absolute atomic E-state index is 0. The van der Waals surface area contributed by atoms with E-state index in [0.29, 0.717) is 64.6 Å². The van der Waals surface area contributed by atoms with Crippen LogP contribution in [-0.4, -0.2) is 143 Å². The van der Waals surface area contributed by atoms with Crippen molar-refractivity contribution >= 4 is 49.9 Å². The molecule has 0 aromatic carbocycles. The number of halogens is 4. The van der Waals surface area contributed by atoms with Crippen LogP contribution in [-0.2, 0) is 76.0 Å². The van der Waals surface area contributed by atoms with Crippen LogP contribution >= 0.6 is 8.15 Å². The molecule has 0 bridgehead atoms. The number of allylic oxidation sites excluding steroid dienone is 1. The Morgan fingerprint density at radius 1 is 0.607 bits per heavy atom. The molecule has 2 heterocycles. The number of unbranched alkanes of at least 4 members (excludes halogenated alkanes) is 8. The van der Waals surface area contributed by atoms with Crippen LogP contribution in [0.25, 0.3) is 0 Å². The third-order valence-corrected chi connectivity index (χ3v) is 16.2. The molecule has 2 aliphatic heterocycles. The zero-order valence-corrected chi connectivity index (χ0v) is 52.7. The zero-order chi connectivity index (χ0) is 60.8. The largest absolute Gasteiger partial charge is 1.00 e. The molecule has 19 nitrogen and oxygen atoms in total. The van der Waals surface area contributed by atoms with E-state index in [1.807, 2.05) is 6.92 Å². The van der Waals surface area contributed by atoms with Crippen molar-refractivity contribution in [2.24, 2.45) is 23.7 Å². The number of carbonyl (C=O) groups is 7. The fourth-order valence-electron chi connectivity index (χ4n) is 10.4. The monoisotopic (exact) mass is 1230 g/mol. The summed E-state index contributed by atoms with van der Waals surface area (Å²) in [7, 11) is 3.17. The van der Waals surface area contributed by atoms with Crippen LogP contribution < -0.4 is 18.9 Å². The fourth-order valence-corrected chi connectivity index (χ4v) is 11.1. The number of ether oxygens (including phenoxy) is 8. The molecule has 2 saturated heterocycles. The number of aldehydes is 1. The first kappa shape index (κ1) is 84.9. The third-order valence-electron chi connectivity index (χ3n) is 14.8. The van der Waals surface area contributed by atoms with E-state index in [0.717, 1.165) is 109 Å². The smallest absolute Gasteiger partial charge is 0.870 e. The maximum Gasteiger partial charge on any atom is 1.00 e. The molecule has 4 fully saturated rings. The first-order valence-corrected chi connectivity index (χ1v) is 31.0. The van der Waals surface area contributed by atoms with Gasteiger partial charge in [-0.2, -0.15) is 17.6 Å². The predicted molar refractivity (Wildman–Crippen MR) is 305 cm³/mol. The second kappa shape index (κ2) is 48.7. The van der Waals surface area contributed by atoms with Gasteiger partial charge in [0.15, 0.2) is 12.6 Å². The summed E-state index contributed by atoms with van der Waals surface area (Å²) in [5.74, 6) is -10.8. The number of alkyl halides is 4. The number of carbonyl (C=O) groups excluding carboxylic acids is 7. The van der Waals surface area contributed by atoms with E-state index in [1.54, 1.807) is 19.7 Å². The molecule has 0 amide bonds. The fraction of sp³-hybridized carbons (Fsp3) is 0.831. The van der Waals surface area contributed by atoms with Gasteiger partial charge in [0.05, 0.1) is 32.6 Å². The second-order valence-corrected chi connectivity index (χ2v) is 23.1. The molecule has 484 valence electrons. The zero-order valence-electron chi connectivity index (χ0n) is 51.8. The van der Waals surface area contributed by atoms with Gasteiger partial charge in [-0.1, -0.05) is 71.3 Å². The van der Waals surface area contributed by atoms with Crippen molar-refractivity contribution in [3.63, 3.8) is 0 Å². The van der Waals surface area contributed by atoms with E-state index >= 15 is 0 Å². The minimum atomic E-state index is -3.40. The molecule has 84 heavy (non-hydrogen) atoms. The molecule has 25 heteroatoms. The van der Waals surface area contributed by atoms with E-state index in [2.05, 4.69) is 9.47 Å². The van der Waals surface area contributed by atoms with E-state index in [4.69, 9.17) is 42.9 Å².